The standard InChI is InChI=1S/C22H47NO.C4H6O2/c1-3-5-6-7-8-9-10-11-12-13-14-15-16-17-18-19-20-21-22(23,24)4-2;1-3(2)4(5)6/h24H,3-21,23H2,1-2H3;1H2,2H3,(H,5,6). The van der Waals surface area contributed by atoms with Gasteiger partial charge < -0.3 is 15.9 Å². The molecule has 0 aromatic carbocycles. The molecule has 4 heteroatoms. The second kappa shape index (κ2) is 22.8. The van der Waals surface area contributed by atoms with Crippen molar-refractivity contribution in [3.8, 4) is 0 Å². The maximum Gasteiger partial charge on any atom is 0.330 e. The fourth-order valence-corrected chi connectivity index (χ4v) is 3.33. The Morgan fingerprint density at radius 1 is 0.733 bits per heavy atom. The summed E-state index contributed by atoms with van der Waals surface area (Å²) < 4.78 is 0. The summed E-state index contributed by atoms with van der Waals surface area (Å²) in [6.45, 7) is 8.84. The topological polar surface area (TPSA) is 83.5 Å². The van der Waals surface area contributed by atoms with Gasteiger partial charge in [-0.05, 0) is 26.2 Å². The minimum absolute atomic E-state index is 0.176. The summed E-state index contributed by atoms with van der Waals surface area (Å²) in [4.78, 5) is 9.60. The van der Waals surface area contributed by atoms with Crippen molar-refractivity contribution in [3.63, 3.8) is 0 Å². The molecule has 0 saturated heterocycles. The van der Waals surface area contributed by atoms with Crippen molar-refractivity contribution in [1.29, 1.82) is 0 Å². The van der Waals surface area contributed by atoms with Gasteiger partial charge in [-0.1, -0.05) is 123 Å². The van der Waals surface area contributed by atoms with Crippen LogP contribution in [0.25, 0.3) is 0 Å². The molecule has 0 aliphatic heterocycles. The zero-order valence-electron chi connectivity index (χ0n) is 20.5. The average Bonchev–Trinajstić information content (AvgIpc) is 2.70. The molecule has 30 heavy (non-hydrogen) atoms. The van der Waals surface area contributed by atoms with E-state index in [0.717, 1.165) is 12.8 Å². The summed E-state index contributed by atoms with van der Waals surface area (Å²) in [5, 5.41) is 17.6. The molecule has 1 unspecified atom stereocenters. The first-order valence-electron chi connectivity index (χ1n) is 12.7. The van der Waals surface area contributed by atoms with Crippen LogP contribution in [-0.2, 0) is 4.79 Å². The van der Waals surface area contributed by atoms with E-state index < -0.39 is 11.7 Å². The van der Waals surface area contributed by atoms with Crippen LogP contribution in [0.15, 0.2) is 12.2 Å². The molecule has 0 amide bonds. The second-order valence-electron chi connectivity index (χ2n) is 8.95. The van der Waals surface area contributed by atoms with Crippen LogP contribution in [0.2, 0.25) is 0 Å². The third-order valence-electron chi connectivity index (χ3n) is 5.69. The van der Waals surface area contributed by atoms with E-state index in [0.29, 0.717) is 6.42 Å². The Morgan fingerprint density at radius 2 is 1.00 bits per heavy atom. The van der Waals surface area contributed by atoms with E-state index in [1.807, 2.05) is 6.92 Å². The number of aliphatic carboxylic acids is 1. The van der Waals surface area contributed by atoms with Crippen molar-refractivity contribution in [2.45, 2.75) is 148 Å². The average molecular weight is 428 g/mol. The fourth-order valence-electron chi connectivity index (χ4n) is 3.33. The third kappa shape index (κ3) is 27.1. The summed E-state index contributed by atoms with van der Waals surface area (Å²) in [5.74, 6) is -0.935. The van der Waals surface area contributed by atoms with E-state index in [2.05, 4.69) is 13.5 Å². The quantitative estimate of drug-likeness (QED) is 0.105. The molecular formula is C26H53NO3. The molecule has 0 aliphatic rings. The first-order chi connectivity index (χ1) is 14.3. The highest BCUT2D eigenvalue weighted by molar-refractivity contribution is 5.84. The van der Waals surface area contributed by atoms with Crippen LogP contribution >= 0.6 is 0 Å². The van der Waals surface area contributed by atoms with Crippen LogP contribution in [0, 0.1) is 0 Å². The highest BCUT2D eigenvalue weighted by Gasteiger charge is 2.16. The molecule has 0 fully saturated rings. The van der Waals surface area contributed by atoms with Crippen LogP contribution in [0.5, 0.6) is 0 Å². The van der Waals surface area contributed by atoms with Crippen molar-refractivity contribution in [1.82, 2.24) is 0 Å². The van der Waals surface area contributed by atoms with Crippen molar-refractivity contribution < 1.29 is 15.0 Å². The van der Waals surface area contributed by atoms with Gasteiger partial charge in [0.1, 0.15) is 5.72 Å². The van der Waals surface area contributed by atoms with Crippen molar-refractivity contribution >= 4 is 5.97 Å². The Labute approximate surface area is 187 Å². The van der Waals surface area contributed by atoms with Gasteiger partial charge in [-0.3, -0.25) is 0 Å². The van der Waals surface area contributed by atoms with Crippen LogP contribution in [0.4, 0.5) is 0 Å². The number of unbranched alkanes of at least 4 members (excludes halogenated alkanes) is 16. The van der Waals surface area contributed by atoms with Crippen LogP contribution in [-0.4, -0.2) is 21.9 Å². The van der Waals surface area contributed by atoms with Crippen molar-refractivity contribution in [2.24, 2.45) is 5.73 Å². The van der Waals surface area contributed by atoms with Gasteiger partial charge >= 0.3 is 5.97 Å². The number of carboxylic acid groups (broad SMARTS) is 1. The zero-order valence-corrected chi connectivity index (χ0v) is 20.5. The predicted octanol–water partition coefficient (Wildman–Crippen LogP) is 7.73. The molecular weight excluding hydrogens is 374 g/mol. The number of hydrogen-bond donors (Lipinski definition) is 3. The number of carboxylic acids is 1. The highest BCUT2D eigenvalue weighted by Crippen LogP contribution is 2.16. The SMILES string of the molecule is C=C(C)C(=O)O.CCCCCCCCCCCCCCCCCCCC(N)(O)CC. The molecule has 4 N–H and O–H groups in total. The highest BCUT2D eigenvalue weighted by atomic mass is 16.4. The number of rotatable bonds is 20. The minimum atomic E-state index is -0.935. The van der Waals surface area contributed by atoms with Gasteiger partial charge in [0.25, 0.3) is 0 Å². The monoisotopic (exact) mass is 427 g/mol. The van der Waals surface area contributed by atoms with Crippen LogP contribution in [0.3, 0.4) is 0 Å². The molecule has 0 aromatic heterocycles. The number of nitrogens with two attached hydrogens (primary N) is 1. The predicted molar refractivity (Wildman–Crippen MR) is 131 cm³/mol. The molecule has 0 rings (SSSR count). The lowest BCUT2D eigenvalue weighted by atomic mass is 10.0. The van der Waals surface area contributed by atoms with E-state index >= 15 is 0 Å². The summed E-state index contributed by atoms with van der Waals surface area (Å²) in [5.41, 5.74) is 4.99. The maximum absolute atomic E-state index is 9.73. The van der Waals surface area contributed by atoms with E-state index in [4.69, 9.17) is 10.8 Å². The van der Waals surface area contributed by atoms with E-state index in [-0.39, 0.29) is 5.57 Å². The number of hydrogen-bond acceptors (Lipinski definition) is 3. The van der Waals surface area contributed by atoms with Gasteiger partial charge in [0.2, 0.25) is 0 Å². The fraction of sp³-hybridized carbons (Fsp3) is 0.885. The van der Waals surface area contributed by atoms with Crippen LogP contribution in [0.1, 0.15) is 143 Å². The summed E-state index contributed by atoms with van der Waals surface area (Å²) >= 11 is 0. The molecule has 0 aromatic rings. The first-order valence-corrected chi connectivity index (χ1v) is 12.7. The molecule has 0 radical (unpaired) electrons. The largest absolute Gasteiger partial charge is 0.478 e. The summed E-state index contributed by atoms with van der Waals surface area (Å²) in [6.07, 6.45) is 25.0. The normalized spacial score (nSPS) is 12.7. The number of carbonyl (C=O) groups is 1. The Morgan fingerprint density at radius 3 is 1.23 bits per heavy atom. The minimum Gasteiger partial charge on any atom is -0.478 e. The maximum atomic E-state index is 9.73. The molecule has 0 aliphatic carbocycles. The Balaban J connectivity index is 0. The lowest BCUT2D eigenvalue weighted by Crippen LogP contribution is -2.38. The van der Waals surface area contributed by atoms with Gasteiger partial charge in [-0.25, -0.2) is 4.79 Å². The second-order valence-corrected chi connectivity index (χ2v) is 8.95. The van der Waals surface area contributed by atoms with Gasteiger partial charge in [0, 0.05) is 5.57 Å². The lowest BCUT2D eigenvalue weighted by molar-refractivity contribution is -0.132. The molecule has 0 saturated carbocycles. The van der Waals surface area contributed by atoms with Crippen LogP contribution < -0.4 is 5.73 Å². The Bertz CT molecular complexity index is 382. The van der Waals surface area contributed by atoms with Gasteiger partial charge in [-0.15, -0.1) is 0 Å². The Hall–Kier alpha value is -0.870. The van der Waals surface area contributed by atoms with E-state index in [1.54, 1.807) is 0 Å². The molecule has 0 spiro atoms. The van der Waals surface area contributed by atoms with Crippen molar-refractivity contribution in [2.75, 3.05) is 0 Å². The van der Waals surface area contributed by atoms with Gasteiger partial charge in [0.15, 0.2) is 0 Å². The molecule has 1 atom stereocenters. The number of aliphatic hydroxyl groups is 1. The van der Waals surface area contributed by atoms with Gasteiger partial charge in [0.05, 0.1) is 0 Å². The smallest absolute Gasteiger partial charge is 0.330 e. The lowest BCUT2D eigenvalue weighted by Gasteiger charge is -2.20. The zero-order chi connectivity index (χ0) is 23.1. The van der Waals surface area contributed by atoms with Crippen molar-refractivity contribution in [3.05, 3.63) is 12.2 Å². The molecule has 0 heterocycles. The van der Waals surface area contributed by atoms with E-state index in [9.17, 15) is 9.90 Å². The third-order valence-corrected chi connectivity index (χ3v) is 5.69. The summed E-state index contributed by atoms with van der Waals surface area (Å²) in [6, 6.07) is 0. The molecule has 0 bridgehead atoms. The molecule has 4 nitrogen and oxygen atoms in total. The first kappa shape index (κ1) is 31.3. The summed E-state index contributed by atoms with van der Waals surface area (Å²) in [7, 11) is 0. The van der Waals surface area contributed by atoms with Gasteiger partial charge in [-0.2, -0.15) is 0 Å². The van der Waals surface area contributed by atoms with E-state index in [1.165, 1.54) is 110 Å². The molecule has 180 valence electrons. The Kier molecular flexibility index (Phi) is 23.8.